The van der Waals surface area contributed by atoms with Gasteiger partial charge in [0.2, 0.25) is 0 Å². The lowest BCUT2D eigenvalue weighted by Crippen LogP contribution is -2.56. The molecule has 4 heteroatoms. The van der Waals surface area contributed by atoms with Crippen molar-refractivity contribution in [3.05, 3.63) is 29.6 Å². The lowest BCUT2D eigenvalue weighted by Gasteiger charge is -2.49. The van der Waals surface area contributed by atoms with E-state index < -0.39 is 0 Å². The topological polar surface area (TPSA) is 30.5 Å². The zero-order valence-corrected chi connectivity index (χ0v) is 11.2. The van der Waals surface area contributed by atoms with E-state index in [1.165, 1.54) is 20.0 Å². The fraction of sp³-hybridized carbons (Fsp3) is 0.600. The third-order valence-corrected chi connectivity index (χ3v) is 4.52. The van der Waals surface area contributed by atoms with Gasteiger partial charge in [-0.2, -0.15) is 0 Å². The Hall–Kier alpha value is -1.13. The highest BCUT2D eigenvalue weighted by atomic mass is 19.1. The van der Waals surface area contributed by atoms with E-state index >= 15 is 0 Å². The summed E-state index contributed by atoms with van der Waals surface area (Å²) in [6.45, 7) is 3.48. The Labute approximate surface area is 113 Å². The van der Waals surface area contributed by atoms with E-state index in [2.05, 4.69) is 5.32 Å². The van der Waals surface area contributed by atoms with Gasteiger partial charge in [-0.25, -0.2) is 4.39 Å². The third kappa shape index (κ3) is 2.13. The van der Waals surface area contributed by atoms with Crippen molar-refractivity contribution in [1.82, 2.24) is 5.32 Å². The van der Waals surface area contributed by atoms with E-state index in [1.54, 1.807) is 12.1 Å². The maximum atomic E-state index is 13.9. The largest absolute Gasteiger partial charge is 0.494 e. The van der Waals surface area contributed by atoms with Crippen LogP contribution in [0, 0.1) is 11.7 Å². The van der Waals surface area contributed by atoms with Crippen LogP contribution in [0.2, 0.25) is 0 Å². The molecular formula is C15H20FNO2. The molecule has 104 valence electrons. The fourth-order valence-electron chi connectivity index (χ4n) is 3.26. The van der Waals surface area contributed by atoms with Crippen LogP contribution in [0.15, 0.2) is 18.2 Å². The summed E-state index contributed by atoms with van der Waals surface area (Å²) in [5, 5.41) is 3.44. The van der Waals surface area contributed by atoms with Crippen LogP contribution in [0.4, 0.5) is 4.39 Å². The van der Waals surface area contributed by atoms with Crippen molar-refractivity contribution in [2.24, 2.45) is 5.92 Å². The monoisotopic (exact) mass is 265 g/mol. The minimum atomic E-state index is -0.282. The Kier molecular flexibility index (Phi) is 3.46. The number of piperidine rings is 1. The van der Waals surface area contributed by atoms with Gasteiger partial charge in [0.1, 0.15) is 0 Å². The van der Waals surface area contributed by atoms with Crippen molar-refractivity contribution in [3.63, 3.8) is 0 Å². The van der Waals surface area contributed by atoms with E-state index in [9.17, 15) is 4.39 Å². The van der Waals surface area contributed by atoms with Crippen LogP contribution in [0.1, 0.15) is 18.4 Å². The summed E-state index contributed by atoms with van der Waals surface area (Å²) in [5.41, 5.74) is 1.03. The van der Waals surface area contributed by atoms with Crippen molar-refractivity contribution in [3.8, 4) is 5.75 Å². The molecule has 0 aromatic heterocycles. The Morgan fingerprint density at radius 2 is 2.26 bits per heavy atom. The number of nitrogens with one attached hydrogen (secondary N) is 1. The van der Waals surface area contributed by atoms with Crippen LogP contribution < -0.4 is 10.1 Å². The predicted octanol–water partition coefficient (Wildman–Crippen LogP) is 2.10. The first-order chi connectivity index (χ1) is 9.26. The lowest BCUT2D eigenvalue weighted by atomic mass is 9.66. The second-order valence-corrected chi connectivity index (χ2v) is 5.54. The zero-order valence-electron chi connectivity index (χ0n) is 11.2. The molecule has 0 amide bonds. The maximum Gasteiger partial charge on any atom is 0.165 e. The molecule has 1 N–H and O–H groups in total. The summed E-state index contributed by atoms with van der Waals surface area (Å²) >= 11 is 0. The highest BCUT2D eigenvalue weighted by molar-refractivity contribution is 5.36. The van der Waals surface area contributed by atoms with E-state index in [1.807, 2.05) is 6.07 Å². The molecule has 1 unspecified atom stereocenters. The highest BCUT2D eigenvalue weighted by Crippen LogP contribution is 2.43. The molecule has 3 rings (SSSR count). The van der Waals surface area contributed by atoms with Gasteiger partial charge >= 0.3 is 0 Å². The smallest absolute Gasteiger partial charge is 0.165 e. The number of rotatable bonds is 3. The molecule has 2 saturated heterocycles. The van der Waals surface area contributed by atoms with Crippen molar-refractivity contribution in [2.45, 2.75) is 18.3 Å². The first-order valence-corrected chi connectivity index (χ1v) is 6.89. The fourth-order valence-corrected chi connectivity index (χ4v) is 3.26. The molecule has 2 heterocycles. The summed E-state index contributed by atoms with van der Waals surface area (Å²) in [5.74, 6) is 0.554. The van der Waals surface area contributed by atoms with Crippen LogP contribution in [0.3, 0.4) is 0 Å². The molecule has 0 spiro atoms. The molecule has 0 saturated carbocycles. The second-order valence-electron chi connectivity index (χ2n) is 5.54. The molecule has 0 radical (unpaired) electrons. The first-order valence-electron chi connectivity index (χ1n) is 6.89. The standard InChI is InChI=1S/C15H20FNO2/c1-18-14-5-4-11(7-13(14)16)15(9-19-10-15)12-3-2-6-17-8-12/h4-5,7,12,17H,2-3,6,8-10H2,1H3. The molecule has 19 heavy (non-hydrogen) atoms. The van der Waals surface area contributed by atoms with E-state index in [4.69, 9.17) is 9.47 Å². The van der Waals surface area contributed by atoms with Gasteiger partial charge in [-0.3, -0.25) is 0 Å². The molecule has 2 fully saturated rings. The molecule has 2 aliphatic rings. The SMILES string of the molecule is COc1ccc(C2(C3CCCNC3)COC2)cc1F. The molecular weight excluding hydrogens is 245 g/mol. The van der Waals surface area contributed by atoms with Gasteiger partial charge in [0.15, 0.2) is 11.6 Å². The number of benzene rings is 1. The molecule has 1 aromatic carbocycles. The molecule has 0 aliphatic carbocycles. The average molecular weight is 265 g/mol. The van der Waals surface area contributed by atoms with Gasteiger partial charge in [0, 0.05) is 5.41 Å². The molecule has 3 nitrogen and oxygen atoms in total. The van der Waals surface area contributed by atoms with Crippen LogP contribution in [0.5, 0.6) is 5.75 Å². The van der Waals surface area contributed by atoms with Gasteiger partial charge < -0.3 is 14.8 Å². The van der Waals surface area contributed by atoms with Crippen LogP contribution in [0.25, 0.3) is 0 Å². The Morgan fingerprint density at radius 1 is 1.42 bits per heavy atom. The minimum absolute atomic E-state index is 0.0134. The first kappa shape index (κ1) is 12.9. The lowest BCUT2D eigenvalue weighted by molar-refractivity contribution is -0.0949. The summed E-state index contributed by atoms with van der Waals surface area (Å²) < 4.78 is 24.4. The van der Waals surface area contributed by atoms with Crippen molar-refractivity contribution in [1.29, 1.82) is 0 Å². The Balaban J connectivity index is 1.90. The summed E-state index contributed by atoms with van der Waals surface area (Å²) in [6.07, 6.45) is 2.37. The Bertz CT molecular complexity index is 453. The van der Waals surface area contributed by atoms with E-state index in [0.717, 1.165) is 18.7 Å². The van der Waals surface area contributed by atoms with E-state index in [0.29, 0.717) is 24.9 Å². The second kappa shape index (κ2) is 5.10. The predicted molar refractivity (Wildman–Crippen MR) is 71.0 cm³/mol. The van der Waals surface area contributed by atoms with Crippen LogP contribution in [-0.2, 0) is 10.2 Å². The molecule has 1 atom stereocenters. The summed E-state index contributed by atoms with van der Waals surface area (Å²) in [6, 6.07) is 5.33. The summed E-state index contributed by atoms with van der Waals surface area (Å²) in [4.78, 5) is 0. The number of hydrogen-bond acceptors (Lipinski definition) is 3. The molecule has 2 aliphatic heterocycles. The number of halogens is 1. The molecule has 1 aromatic rings. The van der Waals surface area contributed by atoms with Gasteiger partial charge in [0.05, 0.1) is 20.3 Å². The molecule has 0 bridgehead atoms. The quantitative estimate of drug-likeness (QED) is 0.908. The number of ether oxygens (including phenoxy) is 2. The highest BCUT2D eigenvalue weighted by Gasteiger charge is 2.47. The van der Waals surface area contributed by atoms with Crippen LogP contribution in [-0.4, -0.2) is 33.4 Å². The normalized spacial score (nSPS) is 25.7. The van der Waals surface area contributed by atoms with Gasteiger partial charge in [0.25, 0.3) is 0 Å². The summed E-state index contributed by atoms with van der Waals surface area (Å²) in [7, 11) is 1.49. The van der Waals surface area contributed by atoms with E-state index in [-0.39, 0.29) is 11.2 Å². The minimum Gasteiger partial charge on any atom is -0.494 e. The number of hydrogen-bond donors (Lipinski definition) is 1. The van der Waals surface area contributed by atoms with Gasteiger partial charge in [-0.15, -0.1) is 0 Å². The van der Waals surface area contributed by atoms with Gasteiger partial charge in [-0.1, -0.05) is 6.07 Å². The number of methoxy groups -OCH3 is 1. The van der Waals surface area contributed by atoms with Crippen molar-refractivity contribution in [2.75, 3.05) is 33.4 Å². The van der Waals surface area contributed by atoms with Crippen molar-refractivity contribution < 1.29 is 13.9 Å². The van der Waals surface area contributed by atoms with Crippen LogP contribution >= 0.6 is 0 Å². The Morgan fingerprint density at radius 3 is 2.79 bits per heavy atom. The van der Waals surface area contributed by atoms with Gasteiger partial charge in [-0.05, 0) is 49.5 Å². The maximum absolute atomic E-state index is 13.9. The third-order valence-electron chi connectivity index (χ3n) is 4.52. The van der Waals surface area contributed by atoms with Crippen molar-refractivity contribution >= 4 is 0 Å². The zero-order chi connectivity index (χ0) is 13.3. The average Bonchev–Trinajstić information content (AvgIpc) is 2.39.